The molecule has 1 amide bonds. The Kier molecular flexibility index (Phi) is 5.74. The molecule has 2 atom stereocenters. The molecule has 24 heavy (non-hydrogen) atoms. The largest absolute Gasteiger partial charge is 0.378 e. The van der Waals surface area contributed by atoms with Crippen LogP contribution in [-0.4, -0.2) is 35.9 Å². The summed E-state index contributed by atoms with van der Waals surface area (Å²) in [6, 6.07) is 16.5. The number of hydrogen-bond donors (Lipinski definition) is 2. The van der Waals surface area contributed by atoms with E-state index in [9.17, 15) is 9.00 Å². The van der Waals surface area contributed by atoms with E-state index < -0.39 is 10.8 Å². The minimum Gasteiger partial charge on any atom is -0.378 e. The van der Waals surface area contributed by atoms with Crippen LogP contribution < -0.4 is 10.6 Å². The van der Waals surface area contributed by atoms with Crippen molar-refractivity contribution in [1.29, 1.82) is 0 Å². The van der Waals surface area contributed by atoms with Gasteiger partial charge >= 0.3 is 0 Å². The number of hydrogen-bond acceptors (Lipinski definition) is 4. The van der Waals surface area contributed by atoms with Crippen LogP contribution in [0.3, 0.4) is 0 Å². The van der Waals surface area contributed by atoms with Crippen LogP contribution in [0.4, 0.5) is 5.69 Å². The van der Waals surface area contributed by atoms with Crippen LogP contribution in [0, 0.1) is 0 Å². The van der Waals surface area contributed by atoms with Gasteiger partial charge in [-0.05, 0) is 29.8 Å². The first-order chi connectivity index (χ1) is 11.7. The van der Waals surface area contributed by atoms with E-state index in [1.807, 2.05) is 54.6 Å². The molecule has 0 spiro atoms. The summed E-state index contributed by atoms with van der Waals surface area (Å²) >= 11 is 0. The van der Waals surface area contributed by atoms with Crippen molar-refractivity contribution in [3.05, 3.63) is 60.2 Å². The van der Waals surface area contributed by atoms with Gasteiger partial charge in [0.05, 0.1) is 29.8 Å². The van der Waals surface area contributed by atoms with Gasteiger partial charge in [0.1, 0.15) is 6.04 Å². The van der Waals surface area contributed by atoms with E-state index in [0.29, 0.717) is 31.2 Å². The van der Waals surface area contributed by atoms with Crippen LogP contribution in [0.15, 0.2) is 59.5 Å². The molecule has 1 heterocycles. The number of morpholine rings is 1. The molecule has 1 fully saturated rings. The molecule has 0 bridgehead atoms. The maximum atomic E-state index is 12.4. The fraction of sp³-hybridized carbons (Fsp3) is 0.278. The number of benzene rings is 2. The van der Waals surface area contributed by atoms with Gasteiger partial charge in [-0.15, -0.1) is 0 Å². The predicted molar refractivity (Wildman–Crippen MR) is 94.2 cm³/mol. The van der Waals surface area contributed by atoms with Crippen molar-refractivity contribution in [2.45, 2.75) is 16.7 Å². The van der Waals surface area contributed by atoms with Gasteiger partial charge in [-0.25, -0.2) is 0 Å². The molecule has 2 aromatic rings. The topological polar surface area (TPSA) is 67.4 Å². The van der Waals surface area contributed by atoms with Crippen LogP contribution in [0.1, 0.15) is 5.56 Å². The second-order valence-corrected chi connectivity index (χ2v) is 7.03. The molecule has 2 unspecified atom stereocenters. The van der Waals surface area contributed by atoms with E-state index in [4.69, 9.17) is 4.74 Å². The Morgan fingerprint density at radius 3 is 2.79 bits per heavy atom. The number of anilines is 1. The highest BCUT2D eigenvalue weighted by Crippen LogP contribution is 2.16. The van der Waals surface area contributed by atoms with Crippen molar-refractivity contribution >= 4 is 22.4 Å². The van der Waals surface area contributed by atoms with Crippen LogP contribution in [0.5, 0.6) is 0 Å². The standard InChI is InChI=1S/C18H20N2O3S/c21-18(17-12-23-10-9-19-17)20-15-6-4-5-14(11-15)13-24(22)16-7-2-1-3-8-16/h1-8,11,17,19H,9-10,12-13H2,(H,20,21). The predicted octanol–water partition coefficient (Wildman–Crippen LogP) is 1.92. The normalized spacial score (nSPS) is 18.8. The van der Waals surface area contributed by atoms with Gasteiger partial charge in [0.15, 0.2) is 0 Å². The lowest BCUT2D eigenvalue weighted by Crippen LogP contribution is -2.48. The number of nitrogens with one attached hydrogen (secondary N) is 2. The summed E-state index contributed by atoms with van der Waals surface area (Å²) in [5, 5.41) is 6.01. The van der Waals surface area contributed by atoms with Crippen molar-refractivity contribution in [3.8, 4) is 0 Å². The molecule has 0 radical (unpaired) electrons. The van der Waals surface area contributed by atoms with Crippen molar-refractivity contribution in [2.75, 3.05) is 25.1 Å². The molecule has 1 aliphatic rings. The fourth-order valence-electron chi connectivity index (χ4n) is 2.51. The molecular weight excluding hydrogens is 324 g/mol. The molecule has 1 aliphatic heterocycles. The Labute approximate surface area is 143 Å². The third kappa shape index (κ3) is 4.50. The van der Waals surface area contributed by atoms with Crippen LogP contribution in [0.25, 0.3) is 0 Å². The number of ether oxygens (including phenoxy) is 1. The van der Waals surface area contributed by atoms with Crippen molar-refractivity contribution in [2.24, 2.45) is 0 Å². The Hall–Kier alpha value is -2.02. The third-order valence-corrected chi connectivity index (χ3v) is 5.13. The summed E-state index contributed by atoms with van der Waals surface area (Å²) < 4.78 is 17.7. The lowest BCUT2D eigenvalue weighted by Gasteiger charge is -2.23. The molecule has 2 aromatic carbocycles. The van der Waals surface area contributed by atoms with E-state index in [1.165, 1.54) is 0 Å². The summed E-state index contributed by atoms with van der Waals surface area (Å²) in [5.41, 5.74) is 1.62. The molecule has 1 saturated heterocycles. The van der Waals surface area contributed by atoms with E-state index in [0.717, 1.165) is 10.5 Å². The Morgan fingerprint density at radius 1 is 1.21 bits per heavy atom. The molecule has 3 rings (SSSR count). The van der Waals surface area contributed by atoms with Crippen LogP contribution in [-0.2, 0) is 26.1 Å². The number of amides is 1. The van der Waals surface area contributed by atoms with Crippen LogP contribution in [0.2, 0.25) is 0 Å². The summed E-state index contributed by atoms with van der Waals surface area (Å²) in [5.74, 6) is 0.300. The Morgan fingerprint density at radius 2 is 2.04 bits per heavy atom. The van der Waals surface area contributed by atoms with Gasteiger partial charge in [0.2, 0.25) is 5.91 Å². The second kappa shape index (κ2) is 8.19. The highest BCUT2D eigenvalue weighted by atomic mass is 32.2. The van der Waals surface area contributed by atoms with Crippen molar-refractivity contribution in [3.63, 3.8) is 0 Å². The molecule has 0 aromatic heterocycles. The summed E-state index contributed by atoms with van der Waals surface area (Å²) in [4.78, 5) is 13.0. The minimum absolute atomic E-state index is 0.115. The van der Waals surface area contributed by atoms with Gasteiger partial charge in [-0.2, -0.15) is 0 Å². The summed E-state index contributed by atoms with van der Waals surface area (Å²) in [7, 11) is -1.10. The minimum atomic E-state index is -1.10. The van der Waals surface area contributed by atoms with E-state index >= 15 is 0 Å². The highest BCUT2D eigenvalue weighted by molar-refractivity contribution is 7.84. The maximum absolute atomic E-state index is 12.4. The van der Waals surface area contributed by atoms with Crippen molar-refractivity contribution < 1.29 is 13.7 Å². The quantitative estimate of drug-likeness (QED) is 0.870. The average molecular weight is 344 g/mol. The van der Waals surface area contributed by atoms with Crippen LogP contribution >= 0.6 is 0 Å². The van der Waals surface area contributed by atoms with Crippen molar-refractivity contribution in [1.82, 2.24) is 5.32 Å². The first-order valence-corrected chi connectivity index (χ1v) is 9.18. The molecule has 6 heteroatoms. The lowest BCUT2D eigenvalue weighted by molar-refractivity contribution is -0.120. The number of carbonyl (C=O) groups excluding carboxylic acids is 1. The SMILES string of the molecule is O=C(Nc1cccc(CS(=O)c2ccccc2)c1)C1COCCN1. The average Bonchev–Trinajstić information content (AvgIpc) is 2.63. The highest BCUT2D eigenvalue weighted by Gasteiger charge is 2.21. The Balaban J connectivity index is 1.63. The van der Waals surface area contributed by atoms with E-state index in [2.05, 4.69) is 10.6 Å². The Bertz CT molecular complexity index is 715. The maximum Gasteiger partial charge on any atom is 0.243 e. The zero-order chi connectivity index (χ0) is 16.8. The molecule has 0 saturated carbocycles. The number of carbonyl (C=O) groups is 1. The molecule has 126 valence electrons. The third-order valence-electron chi connectivity index (χ3n) is 3.74. The van der Waals surface area contributed by atoms with Gasteiger partial charge in [0, 0.05) is 17.1 Å². The zero-order valence-corrected chi connectivity index (χ0v) is 14.1. The monoisotopic (exact) mass is 344 g/mol. The first-order valence-electron chi connectivity index (χ1n) is 7.87. The van der Waals surface area contributed by atoms with E-state index in [1.54, 1.807) is 0 Å². The number of rotatable bonds is 5. The molecule has 2 N–H and O–H groups in total. The molecular formula is C18H20N2O3S. The molecule has 0 aliphatic carbocycles. The summed E-state index contributed by atoms with van der Waals surface area (Å²) in [6.45, 7) is 1.68. The van der Waals surface area contributed by atoms with Gasteiger partial charge in [-0.3, -0.25) is 9.00 Å². The van der Waals surface area contributed by atoms with E-state index in [-0.39, 0.29) is 11.9 Å². The molecule has 5 nitrogen and oxygen atoms in total. The summed E-state index contributed by atoms with van der Waals surface area (Å²) in [6.07, 6.45) is 0. The smallest absolute Gasteiger partial charge is 0.243 e. The lowest BCUT2D eigenvalue weighted by atomic mass is 10.2. The second-order valence-electron chi connectivity index (χ2n) is 5.57. The first kappa shape index (κ1) is 16.8. The van der Waals surface area contributed by atoms with Gasteiger partial charge in [0.25, 0.3) is 0 Å². The zero-order valence-electron chi connectivity index (χ0n) is 13.2. The fourth-order valence-corrected chi connectivity index (χ4v) is 3.62. The van der Waals surface area contributed by atoms with Gasteiger partial charge in [-0.1, -0.05) is 30.3 Å². The van der Waals surface area contributed by atoms with Gasteiger partial charge < -0.3 is 15.4 Å².